The van der Waals surface area contributed by atoms with E-state index in [4.69, 9.17) is 0 Å². The number of benzene rings is 1. The number of nitrogens with one attached hydrogen (secondary N) is 1. The zero-order valence-electron chi connectivity index (χ0n) is 12.5. The highest BCUT2D eigenvalue weighted by Crippen LogP contribution is 2.09. The highest BCUT2D eigenvalue weighted by Gasteiger charge is 2.18. The van der Waals surface area contributed by atoms with Crippen molar-refractivity contribution < 1.29 is 9.90 Å². The number of aromatic nitrogens is 1. The predicted octanol–water partition coefficient (Wildman–Crippen LogP) is 2.28. The van der Waals surface area contributed by atoms with Crippen molar-refractivity contribution in [2.24, 2.45) is 5.92 Å². The zero-order chi connectivity index (χ0) is 15.2. The van der Waals surface area contributed by atoms with E-state index in [0.29, 0.717) is 12.2 Å². The van der Waals surface area contributed by atoms with Crippen LogP contribution in [0.2, 0.25) is 0 Å². The van der Waals surface area contributed by atoms with Gasteiger partial charge in [0, 0.05) is 12.7 Å². The average Bonchev–Trinajstić information content (AvgIpc) is 2.93. The summed E-state index contributed by atoms with van der Waals surface area (Å²) in [7, 11) is 0. The first kappa shape index (κ1) is 15.3. The molecule has 0 aliphatic heterocycles. The van der Waals surface area contributed by atoms with Crippen molar-refractivity contribution in [3.63, 3.8) is 0 Å². The van der Waals surface area contributed by atoms with E-state index in [-0.39, 0.29) is 24.5 Å². The quantitative estimate of drug-likeness (QED) is 0.856. The minimum absolute atomic E-state index is 0.0528. The maximum Gasteiger partial charge on any atom is 0.268 e. The average molecular weight is 286 g/mol. The van der Waals surface area contributed by atoms with Crippen molar-refractivity contribution in [2.45, 2.75) is 26.4 Å². The van der Waals surface area contributed by atoms with E-state index in [1.54, 1.807) is 6.07 Å². The molecule has 1 heterocycles. The third kappa shape index (κ3) is 3.95. The van der Waals surface area contributed by atoms with Gasteiger partial charge in [-0.2, -0.15) is 0 Å². The second-order valence-corrected chi connectivity index (χ2v) is 5.51. The first-order valence-corrected chi connectivity index (χ1v) is 7.22. The molecule has 1 aromatic heterocycles. The normalized spacial score (nSPS) is 12.4. The lowest BCUT2D eigenvalue weighted by atomic mass is 10.1. The van der Waals surface area contributed by atoms with Gasteiger partial charge in [-0.3, -0.25) is 4.79 Å². The topological polar surface area (TPSA) is 54.3 Å². The molecular weight excluding hydrogens is 264 g/mol. The van der Waals surface area contributed by atoms with E-state index in [1.165, 1.54) is 0 Å². The van der Waals surface area contributed by atoms with Gasteiger partial charge in [0.1, 0.15) is 5.69 Å². The Labute approximate surface area is 125 Å². The smallest absolute Gasteiger partial charge is 0.268 e. The predicted molar refractivity (Wildman–Crippen MR) is 83.2 cm³/mol. The lowest BCUT2D eigenvalue weighted by Gasteiger charge is -2.20. The van der Waals surface area contributed by atoms with Gasteiger partial charge in [0.2, 0.25) is 0 Å². The fourth-order valence-corrected chi connectivity index (χ4v) is 2.20. The molecule has 0 aliphatic carbocycles. The Morgan fingerprint density at radius 2 is 1.90 bits per heavy atom. The number of nitrogens with zero attached hydrogens (tertiary/aromatic N) is 1. The van der Waals surface area contributed by atoms with E-state index in [0.717, 1.165) is 5.56 Å². The van der Waals surface area contributed by atoms with Gasteiger partial charge in [-0.15, -0.1) is 0 Å². The van der Waals surface area contributed by atoms with Gasteiger partial charge in [-0.05, 0) is 23.6 Å². The van der Waals surface area contributed by atoms with Crippen LogP contribution in [0.3, 0.4) is 0 Å². The van der Waals surface area contributed by atoms with E-state index in [9.17, 15) is 9.90 Å². The van der Waals surface area contributed by atoms with Gasteiger partial charge in [0.25, 0.3) is 5.91 Å². The van der Waals surface area contributed by atoms with Crippen LogP contribution in [0.4, 0.5) is 0 Å². The fourth-order valence-electron chi connectivity index (χ4n) is 2.20. The highest BCUT2D eigenvalue weighted by atomic mass is 16.3. The second kappa shape index (κ2) is 7.09. The van der Waals surface area contributed by atoms with Gasteiger partial charge >= 0.3 is 0 Å². The van der Waals surface area contributed by atoms with Crippen molar-refractivity contribution >= 4 is 5.91 Å². The van der Waals surface area contributed by atoms with Crippen LogP contribution in [0.1, 0.15) is 29.9 Å². The van der Waals surface area contributed by atoms with Crippen LogP contribution in [0.25, 0.3) is 0 Å². The summed E-state index contributed by atoms with van der Waals surface area (Å²) in [6, 6.07) is 13.4. The van der Waals surface area contributed by atoms with Crippen LogP contribution in [-0.2, 0) is 6.54 Å². The van der Waals surface area contributed by atoms with Gasteiger partial charge in [-0.25, -0.2) is 0 Å². The lowest BCUT2D eigenvalue weighted by molar-refractivity contribution is 0.0888. The molecule has 1 aromatic carbocycles. The van der Waals surface area contributed by atoms with Gasteiger partial charge in [0.05, 0.1) is 12.6 Å². The van der Waals surface area contributed by atoms with E-state index >= 15 is 0 Å². The molecule has 0 saturated carbocycles. The summed E-state index contributed by atoms with van der Waals surface area (Å²) < 4.78 is 1.92. The molecule has 0 fully saturated rings. The van der Waals surface area contributed by atoms with Crippen LogP contribution in [0.15, 0.2) is 48.7 Å². The molecule has 21 heavy (non-hydrogen) atoms. The van der Waals surface area contributed by atoms with Crippen LogP contribution >= 0.6 is 0 Å². The maximum atomic E-state index is 12.3. The Bertz CT molecular complexity index is 575. The number of hydrogen-bond donors (Lipinski definition) is 2. The minimum Gasteiger partial charge on any atom is -0.394 e. The monoisotopic (exact) mass is 286 g/mol. The van der Waals surface area contributed by atoms with Crippen molar-refractivity contribution in [1.29, 1.82) is 0 Å². The van der Waals surface area contributed by atoms with Gasteiger partial charge < -0.3 is 15.0 Å². The summed E-state index contributed by atoms with van der Waals surface area (Å²) in [5, 5.41) is 12.2. The highest BCUT2D eigenvalue weighted by molar-refractivity contribution is 5.93. The summed E-state index contributed by atoms with van der Waals surface area (Å²) in [5.41, 5.74) is 1.75. The van der Waals surface area contributed by atoms with E-state index in [1.807, 2.05) is 61.0 Å². The summed E-state index contributed by atoms with van der Waals surface area (Å²) in [6.07, 6.45) is 1.89. The molecule has 0 aliphatic rings. The Kier molecular flexibility index (Phi) is 5.17. The lowest BCUT2D eigenvalue weighted by Crippen LogP contribution is -2.41. The number of carbonyl (C=O) groups excluding carboxylic acids is 1. The molecule has 0 unspecified atom stereocenters. The number of carbonyl (C=O) groups is 1. The number of rotatable bonds is 6. The number of amides is 1. The van der Waals surface area contributed by atoms with Crippen molar-refractivity contribution in [3.05, 3.63) is 59.9 Å². The molecule has 0 spiro atoms. The van der Waals surface area contributed by atoms with E-state index < -0.39 is 0 Å². The van der Waals surface area contributed by atoms with Crippen molar-refractivity contribution in [1.82, 2.24) is 9.88 Å². The number of aliphatic hydroxyl groups excluding tert-OH is 1. The SMILES string of the molecule is CC(C)[C@@H](CO)NC(=O)c1cccn1Cc1ccccc1. The number of aliphatic hydroxyl groups is 1. The van der Waals surface area contributed by atoms with E-state index in [2.05, 4.69) is 5.32 Å². The molecule has 0 radical (unpaired) electrons. The molecule has 2 N–H and O–H groups in total. The van der Waals surface area contributed by atoms with Crippen LogP contribution in [-0.4, -0.2) is 28.2 Å². The van der Waals surface area contributed by atoms with Crippen LogP contribution in [0, 0.1) is 5.92 Å². The second-order valence-electron chi connectivity index (χ2n) is 5.51. The largest absolute Gasteiger partial charge is 0.394 e. The molecule has 4 heteroatoms. The fraction of sp³-hybridized carbons (Fsp3) is 0.353. The molecule has 0 bridgehead atoms. The van der Waals surface area contributed by atoms with Crippen LogP contribution < -0.4 is 5.32 Å². The summed E-state index contributed by atoms with van der Waals surface area (Å²) in [6.45, 7) is 4.55. The molecule has 2 rings (SSSR count). The molecule has 1 atom stereocenters. The molecule has 112 valence electrons. The first-order valence-electron chi connectivity index (χ1n) is 7.22. The van der Waals surface area contributed by atoms with Crippen molar-refractivity contribution in [2.75, 3.05) is 6.61 Å². The third-order valence-electron chi connectivity index (χ3n) is 3.58. The Balaban J connectivity index is 2.11. The minimum atomic E-state index is -0.224. The molecule has 0 saturated heterocycles. The summed E-state index contributed by atoms with van der Waals surface area (Å²) in [5.74, 6) is 0.0418. The third-order valence-corrected chi connectivity index (χ3v) is 3.58. The zero-order valence-corrected chi connectivity index (χ0v) is 12.5. The summed E-state index contributed by atoms with van der Waals surface area (Å²) in [4.78, 5) is 12.3. The van der Waals surface area contributed by atoms with Gasteiger partial charge in [-0.1, -0.05) is 44.2 Å². The number of hydrogen-bond acceptors (Lipinski definition) is 2. The first-order chi connectivity index (χ1) is 10.1. The van der Waals surface area contributed by atoms with Crippen molar-refractivity contribution in [3.8, 4) is 0 Å². The molecule has 1 amide bonds. The van der Waals surface area contributed by atoms with Crippen LogP contribution in [0.5, 0.6) is 0 Å². The van der Waals surface area contributed by atoms with Gasteiger partial charge in [0.15, 0.2) is 0 Å². The summed E-state index contributed by atoms with van der Waals surface area (Å²) >= 11 is 0. The Morgan fingerprint density at radius 3 is 2.52 bits per heavy atom. The maximum absolute atomic E-state index is 12.3. The Hall–Kier alpha value is -2.07. The standard InChI is InChI=1S/C17H22N2O2/c1-13(2)15(12-20)18-17(21)16-9-6-10-19(16)11-14-7-4-3-5-8-14/h3-10,13,15,20H,11-12H2,1-2H3,(H,18,21)/t15-/m1/s1. The Morgan fingerprint density at radius 1 is 1.19 bits per heavy atom. The molecule has 2 aromatic rings. The molecule has 4 nitrogen and oxygen atoms in total. The molecular formula is C17H22N2O2.